The molecule has 0 saturated carbocycles. The van der Waals surface area contributed by atoms with Crippen LogP contribution in [0.3, 0.4) is 0 Å². The molecule has 3 nitrogen and oxygen atoms in total. The number of β-amino-alcohol motifs (C(OH)–C–C–N with tert-alkyl or cyclic N) is 1. The Morgan fingerprint density at radius 3 is 2.59 bits per heavy atom. The van der Waals surface area contributed by atoms with Crippen molar-refractivity contribution >= 4 is 22.4 Å². The second-order valence-corrected chi connectivity index (χ2v) is 4.39. The second kappa shape index (κ2) is 3.86. The van der Waals surface area contributed by atoms with Gasteiger partial charge in [0.2, 0.25) is 5.91 Å². The predicted octanol–water partition coefficient (Wildman–Crippen LogP) is 1.94. The number of anilines is 1. The van der Waals surface area contributed by atoms with Crippen molar-refractivity contribution in [1.82, 2.24) is 0 Å². The molecule has 1 atom stereocenters. The van der Waals surface area contributed by atoms with Gasteiger partial charge in [0.15, 0.2) is 0 Å². The SMILES string of the molecule is O=C1CC(O)CN1c1ccc2ccccc2c1. The highest BCUT2D eigenvalue weighted by atomic mass is 16.3. The third-order valence-electron chi connectivity index (χ3n) is 3.15. The minimum atomic E-state index is -0.533. The van der Waals surface area contributed by atoms with Crippen LogP contribution >= 0.6 is 0 Å². The molecule has 3 heteroatoms. The first kappa shape index (κ1) is 10.3. The van der Waals surface area contributed by atoms with E-state index in [0.29, 0.717) is 6.54 Å². The summed E-state index contributed by atoms with van der Waals surface area (Å²) in [6, 6.07) is 14.0. The molecule has 0 bridgehead atoms. The molecule has 2 aromatic carbocycles. The molecule has 1 aliphatic rings. The standard InChI is InChI=1S/C14H13NO2/c16-13-8-14(17)15(9-13)12-6-5-10-3-1-2-4-11(10)7-12/h1-7,13,16H,8-9H2. The molecule has 1 heterocycles. The van der Waals surface area contributed by atoms with Crippen LogP contribution in [-0.2, 0) is 4.79 Å². The predicted molar refractivity (Wildman–Crippen MR) is 66.9 cm³/mol. The van der Waals surface area contributed by atoms with E-state index >= 15 is 0 Å². The first-order valence-electron chi connectivity index (χ1n) is 5.71. The van der Waals surface area contributed by atoms with Crippen molar-refractivity contribution in [3.05, 3.63) is 42.5 Å². The lowest BCUT2D eigenvalue weighted by Gasteiger charge is -2.16. The highest BCUT2D eigenvalue weighted by Gasteiger charge is 2.28. The average Bonchev–Trinajstić information content (AvgIpc) is 2.68. The number of hydrogen-bond donors (Lipinski definition) is 1. The zero-order valence-corrected chi connectivity index (χ0v) is 9.34. The van der Waals surface area contributed by atoms with Crippen LogP contribution in [0.2, 0.25) is 0 Å². The molecule has 0 radical (unpaired) electrons. The molecule has 1 amide bonds. The number of hydrogen-bond acceptors (Lipinski definition) is 2. The Balaban J connectivity index is 2.03. The molecular weight excluding hydrogens is 214 g/mol. The summed E-state index contributed by atoms with van der Waals surface area (Å²) in [5.74, 6) is -0.00668. The lowest BCUT2D eigenvalue weighted by atomic mass is 10.1. The van der Waals surface area contributed by atoms with Crippen LogP contribution < -0.4 is 4.90 Å². The number of carbonyl (C=O) groups excluding carboxylic acids is 1. The fourth-order valence-corrected chi connectivity index (χ4v) is 2.28. The maximum atomic E-state index is 11.7. The van der Waals surface area contributed by atoms with E-state index in [1.807, 2.05) is 42.5 Å². The summed E-state index contributed by atoms with van der Waals surface area (Å²) in [7, 11) is 0. The van der Waals surface area contributed by atoms with Crippen molar-refractivity contribution in [2.75, 3.05) is 11.4 Å². The first-order chi connectivity index (χ1) is 8.24. The van der Waals surface area contributed by atoms with E-state index < -0.39 is 6.10 Å². The summed E-state index contributed by atoms with van der Waals surface area (Å²) in [6.45, 7) is 0.400. The maximum absolute atomic E-state index is 11.7. The molecule has 86 valence electrons. The number of benzene rings is 2. The van der Waals surface area contributed by atoms with Crippen molar-refractivity contribution in [3.8, 4) is 0 Å². The summed E-state index contributed by atoms with van der Waals surface area (Å²) < 4.78 is 0. The Morgan fingerprint density at radius 1 is 1.12 bits per heavy atom. The molecule has 1 fully saturated rings. The lowest BCUT2D eigenvalue weighted by molar-refractivity contribution is -0.117. The summed E-state index contributed by atoms with van der Waals surface area (Å²) >= 11 is 0. The van der Waals surface area contributed by atoms with Crippen LogP contribution in [0.15, 0.2) is 42.5 Å². The van der Waals surface area contributed by atoms with Gasteiger partial charge in [-0.2, -0.15) is 0 Å². The summed E-state index contributed by atoms with van der Waals surface area (Å²) in [5, 5.41) is 11.7. The molecule has 17 heavy (non-hydrogen) atoms. The van der Waals surface area contributed by atoms with Gasteiger partial charge >= 0.3 is 0 Å². The second-order valence-electron chi connectivity index (χ2n) is 4.39. The highest BCUT2D eigenvalue weighted by Crippen LogP contribution is 2.25. The average molecular weight is 227 g/mol. The number of aliphatic hydroxyl groups excluding tert-OH is 1. The molecular formula is C14H13NO2. The van der Waals surface area contributed by atoms with E-state index in [0.717, 1.165) is 16.5 Å². The van der Waals surface area contributed by atoms with Crippen molar-refractivity contribution < 1.29 is 9.90 Å². The Bertz CT molecular complexity index is 579. The largest absolute Gasteiger partial charge is 0.391 e. The van der Waals surface area contributed by atoms with Gasteiger partial charge < -0.3 is 10.0 Å². The molecule has 0 spiro atoms. The van der Waals surface area contributed by atoms with Crippen molar-refractivity contribution in [3.63, 3.8) is 0 Å². The summed E-state index contributed by atoms with van der Waals surface area (Å²) in [6.07, 6.45) is -0.304. The van der Waals surface area contributed by atoms with Gasteiger partial charge in [0.05, 0.1) is 19.1 Å². The smallest absolute Gasteiger partial charge is 0.229 e. The molecule has 1 saturated heterocycles. The van der Waals surface area contributed by atoms with Crippen LogP contribution in [-0.4, -0.2) is 23.7 Å². The summed E-state index contributed by atoms with van der Waals surface area (Å²) in [4.78, 5) is 13.3. The van der Waals surface area contributed by atoms with E-state index in [1.165, 1.54) is 0 Å². The Morgan fingerprint density at radius 2 is 1.88 bits per heavy atom. The molecule has 1 aliphatic heterocycles. The minimum absolute atomic E-state index is 0.00668. The van der Waals surface area contributed by atoms with Crippen molar-refractivity contribution in [1.29, 1.82) is 0 Å². The molecule has 2 aromatic rings. The number of rotatable bonds is 1. The quantitative estimate of drug-likeness (QED) is 0.808. The van der Waals surface area contributed by atoms with E-state index in [1.54, 1.807) is 4.90 Å². The van der Waals surface area contributed by atoms with Crippen LogP contribution in [0.4, 0.5) is 5.69 Å². The normalized spacial score (nSPS) is 20.2. The summed E-state index contributed by atoms with van der Waals surface area (Å²) in [5.41, 5.74) is 0.866. The van der Waals surface area contributed by atoms with Crippen LogP contribution in [0.1, 0.15) is 6.42 Å². The maximum Gasteiger partial charge on any atom is 0.229 e. The van der Waals surface area contributed by atoms with Crippen molar-refractivity contribution in [2.45, 2.75) is 12.5 Å². The highest BCUT2D eigenvalue weighted by molar-refractivity contribution is 5.98. The van der Waals surface area contributed by atoms with Gasteiger partial charge in [-0.25, -0.2) is 0 Å². The van der Waals surface area contributed by atoms with Crippen molar-refractivity contribution in [2.24, 2.45) is 0 Å². The van der Waals surface area contributed by atoms with Crippen LogP contribution in [0, 0.1) is 0 Å². The van der Waals surface area contributed by atoms with Crippen LogP contribution in [0.5, 0.6) is 0 Å². The van der Waals surface area contributed by atoms with Gasteiger partial charge in [0, 0.05) is 5.69 Å². The monoisotopic (exact) mass is 227 g/mol. The zero-order valence-electron chi connectivity index (χ0n) is 9.34. The van der Waals surface area contributed by atoms with Gasteiger partial charge in [-0.3, -0.25) is 4.79 Å². The number of nitrogens with zero attached hydrogens (tertiary/aromatic N) is 1. The minimum Gasteiger partial charge on any atom is -0.391 e. The number of fused-ring (bicyclic) bond motifs is 1. The third kappa shape index (κ3) is 1.78. The Kier molecular flexibility index (Phi) is 2.34. The van der Waals surface area contributed by atoms with E-state index in [4.69, 9.17) is 0 Å². The molecule has 3 rings (SSSR count). The lowest BCUT2D eigenvalue weighted by Crippen LogP contribution is -2.25. The number of carbonyl (C=O) groups is 1. The number of aliphatic hydroxyl groups is 1. The Labute approximate surface area is 99.3 Å². The molecule has 0 aromatic heterocycles. The van der Waals surface area contributed by atoms with Gasteiger partial charge in [-0.05, 0) is 22.9 Å². The van der Waals surface area contributed by atoms with Gasteiger partial charge in [0.25, 0.3) is 0 Å². The molecule has 1 N–H and O–H groups in total. The van der Waals surface area contributed by atoms with Crippen LogP contribution in [0.25, 0.3) is 10.8 Å². The van der Waals surface area contributed by atoms with E-state index in [2.05, 4.69) is 0 Å². The van der Waals surface area contributed by atoms with E-state index in [-0.39, 0.29) is 12.3 Å². The Hall–Kier alpha value is -1.87. The fraction of sp³-hybridized carbons (Fsp3) is 0.214. The fourth-order valence-electron chi connectivity index (χ4n) is 2.28. The van der Waals surface area contributed by atoms with Gasteiger partial charge in [-0.15, -0.1) is 0 Å². The molecule has 1 unspecified atom stereocenters. The third-order valence-corrected chi connectivity index (χ3v) is 3.15. The van der Waals surface area contributed by atoms with E-state index in [9.17, 15) is 9.90 Å². The topological polar surface area (TPSA) is 40.5 Å². The zero-order chi connectivity index (χ0) is 11.8. The van der Waals surface area contributed by atoms with Gasteiger partial charge in [-0.1, -0.05) is 30.3 Å². The number of amides is 1. The molecule has 0 aliphatic carbocycles. The van der Waals surface area contributed by atoms with Gasteiger partial charge in [0.1, 0.15) is 0 Å². The first-order valence-corrected chi connectivity index (χ1v) is 5.71.